The van der Waals surface area contributed by atoms with E-state index in [2.05, 4.69) is 10.3 Å². The van der Waals surface area contributed by atoms with Gasteiger partial charge in [-0.1, -0.05) is 6.07 Å². The standard InChI is InChI=1S/C16H21N3O3S2/c1-11-8-13-9-12(4-5-15(13)19(11)24(3,20)21)14-10-23-16(18-14)17-6-7-22-2/h4-5,9-11H,6-8H2,1-3H3,(H,17,18)/t11-/m1/s1. The van der Waals surface area contributed by atoms with E-state index in [4.69, 9.17) is 4.74 Å². The third-order valence-corrected chi connectivity index (χ3v) is 6.04. The van der Waals surface area contributed by atoms with Gasteiger partial charge in [0, 0.05) is 30.6 Å². The van der Waals surface area contributed by atoms with Crippen molar-refractivity contribution in [2.45, 2.75) is 19.4 Å². The van der Waals surface area contributed by atoms with Crippen molar-refractivity contribution in [1.29, 1.82) is 0 Å². The molecular weight excluding hydrogens is 346 g/mol. The quantitative estimate of drug-likeness (QED) is 0.795. The lowest BCUT2D eigenvalue weighted by Crippen LogP contribution is -2.34. The second-order valence-electron chi connectivity index (χ2n) is 5.91. The average molecular weight is 367 g/mol. The van der Waals surface area contributed by atoms with Gasteiger partial charge in [-0.25, -0.2) is 13.4 Å². The van der Waals surface area contributed by atoms with Crippen molar-refractivity contribution in [2.24, 2.45) is 0 Å². The number of methoxy groups -OCH3 is 1. The molecule has 24 heavy (non-hydrogen) atoms. The van der Waals surface area contributed by atoms with Crippen LogP contribution in [0, 0.1) is 0 Å². The van der Waals surface area contributed by atoms with Crippen LogP contribution >= 0.6 is 11.3 Å². The lowest BCUT2D eigenvalue weighted by molar-refractivity contribution is 0.211. The highest BCUT2D eigenvalue weighted by Crippen LogP contribution is 2.37. The molecular formula is C16H21N3O3S2. The summed E-state index contributed by atoms with van der Waals surface area (Å²) >= 11 is 1.55. The van der Waals surface area contributed by atoms with Gasteiger partial charge in [-0.15, -0.1) is 11.3 Å². The molecule has 2 heterocycles. The molecule has 1 aromatic heterocycles. The Labute approximate surface area is 146 Å². The lowest BCUT2D eigenvalue weighted by atomic mass is 10.1. The van der Waals surface area contributed by atoms with Crippen LogP contribution in [0.3, 0.4) is 0 Å². The molecule has 0 spiro atoms. The van der Waals surface area contributed by atoms with Gasteiger partial charge in [0.15, 0.2) is 5.13 Å². The number of hydrogen-bond donors (Lipinski definition) is 1. The molecule has 0 fully saturated rings. The largest absolute Gasteiger partial charge is 0.383 e. The summed E-state index contributed by atoms with van der Waals surface area (Å²) in [5, 5.41) is 6.08. The predicted molar refractivity (Wildman–Crippen MR) is 98.4 cm³/mol. The maximum atomic E-state index is 12.0. The minimum Gasteiger partial charge on any atom is -0.383 e. The molecule has 0 bridgehead atoms. The van der Waals surface area contributed by atoms with E-state index in [9.17, 15) is 8.42 Å². The van der Waals surface area contributed by atoms with E-state index in [0.717, 1.165) is 34.1 Å². The van der Waals surface area contributed by atoms with Crippen molar-refractivity contribution >= 4 is 32.2 Å². The number of rotatable bonds is 6. The van der Waals surface area contributed by atoms with Crippen LogP contribution in [-0.4, -0.2) is 46.0 Å². The van der Waals surface area contributed by atoms with Crippen molar-refractivity contribution < 1.29 is 13.2 Å². The maximum absolute atomic E-state index is 12.0. The Kier molecular flexibility index (Phi) is 4.80. The number of nitrogens with zero attached hydrogens (tertiary/aromatic N) is 2. The van der Waals surface area contributed by atoms with Crippen molar-refractivity contribution in [2.75, 3.05) is 36.1 Å². The number of thiazole rings is 1. The van der Waals surface area contributed by atoms with Gasteiger partial charge in [0.1, 0.15) is 0 Å². The van der Waals surface area contributed by atoms with Crippen LogP contribution in [0.5, 0.6) is 0 Å². The Bertz CT molecular complexity index is 833. The van der Waals surface area contributed by atoms with Gasteiger partial charge in [-0.2, -0.15) is 0 Å². The number of sulfonamides is 1. The highest BCUT2D eigenvalue weighted by atomic mass is 32.2. The first-order chi connectivity index (χ1) is 11.4. The van der Waals surface area contributed by atoms with E-state index in [1.807, 2.05) is 30.5 Å². The lowest BCUT2D eigenvalue weighted by Gasteiger charge is -2.21. The minimum absolute atomic E-state index is 0.0491. The molecule has 1 atom stereocenters. The zero-order valence-electron chi connectivity index (χ0n) is 13.9. The summed E-state index contributed by atoms with van der Waals surface area (Å²) in [6.07, 6.45) is 1.98. The van der Waals surface area contributed by atoms with E-state index in [1.165, 1.54) is 10.6 Å². The summed E-state index contributed by atoms with van der Waals surface area (Å²) in [5.41, 5.74) is 3.73. The van der Waals surface area contributed by atoms with Crippen molar-refractivity contribution in [3.63, 3.8) is 0 Å². The Morgan fingerprint density at radius 1 is 1.46 bits per heavy atom. The molecule has 1 aliphatic heterocycles. The van der Waals surface area contributed by atoms with Gasteiger partial charge in [0.2, 0.25) is 10.0 Å². The molecule has 8 heteroatoms. The normalized spacial score (nSPS) is 17.1. The summed E-state index contributed by atoms with van der Waals surface area (Å²) in [5.74, 6) is 0. The number of benzene rings is 1. The summed E-state index contributed by atoms with van der Waals surface area (Å²) in [7, 11) is -1.59. The molecule has 0 unspecified atom stereocenters. The highest BCUT2D eigenvalue weighted by molar-refractivity contribution is 7.92. The number of fused-ring (bicyclic) bond motifs is 1. The van der Waals surface area contributed by atoms with E-state index in [-0.39, 0.29) is 6.04 Å². The van der Waals surface area contributed by atoms with E-state index in [1.54, 1.807) is 18.4 Å². The third-order valence-electron chi connectivity index (χ3n) is 3.97. The molecule has 1 aliphatic rings. The number of nitrogens with one attached hydrogen (secondary N) is 1. The van der Waals surface area contributed by atoms with Crippen LogP contribution in [0.4, 0.5) is 10.8 Å². The van der Waals surface area contributed by atoms with Gasteiger partial charge in [-0.05, 0) is 31.0 Å². The van der Waals surface area contributed by atoms with Crippen LogP contribution in [0.2, 0.25) is 0 Å². The van der Waals surface area contributed by atoms with Crippen LogP contribution in [-0.2, 0) is 21.2 Å². The van der Waals surface area contributed by atoms with Crippen LogP contribution in [0.1, 0.15) is 12.5 Å². The molecule has 6 nitrogen and oxygen atoms in total. The number of aromatic nitrogens is 1. The summed E-state index contributed by atoms with van der Waals surface area (Å²) in [6.45, 7) is 3.28. The fourth-order valence-corrected chi connectivity index (χ4v) is 5.03. The summed E-state index contributed by atoms with van der Waals surface area (Å²) < 4.78 is 30.5. The number of hydrogen-bond acceptors (Lipinski definition) is 6. The Morgan fingerprint density at radius 2 is 2.25 bits per heavy atom. The zero-order valence-corrected chi connectivity index (χ0v) is 15.6. The molecule has 0 radical (unpaired) electrons. The molecule has 0 saturated heterocycles. The van der Waals surface area contributed by atoms with Gasteiger partial charge in [-0.3, -0.25) is 4.31 Å². The van der Waals surface area contributed by atoms with E-state index in [0.29, 0.717) is 13.2 Å². The number of ether oxygens (including phenoxy) is 1. The van der Waals surface area contributed by atoms with Gasteiger partial charge in [0.05, 0.1) is 24.2 Å². The van der Waals surface area contributed by atoms with E-state index >= 15 is 0 Å². The molecule has 0 aliphatic carbocycles. The van der Waals surface area contributed by atoms with Gasteiger partial charge >= 0.3 is 0 Å². The zero-order chi connectivity index (χ0) is 17.3. The number of anilines is 2. The predicted octanol–water partition coefficient (Wildman–Crippen LogP) is 2.58. The fraction of sp³-hybridized carbons (Fsp3) is 0.438. The highest BCUT2D eigenvalue weighted by Gasteiger charge is 2.32. The van der Waals surface area contributed by atoms with E-state index < -0.39 is 10.0 Å². The molecule has 3 rings (SSSR count). The maximum Gasteiger partial charge on any atom is 0.232 e. The first-order valence-corrected chi connectivity index (χ1v) is 10.4. The van der Waals surface area contributed by atoms with Crippen molar-refractivity contribution in [1.82, 2.24) is 4.98 Å². The second kappa shape index (κ2) is 6.70. The van der Waals surface area contributed by atoms with Crippen LogP contribution in [0.15, 0.2) is 23.6 Å². The molecule has 130 valence electrons. The summed E-state index contributed by atoms with van der Waals surface area (Å²) in [4.78, 5) is 4.58. The Balaban J connectivity index is 1.84. The molecule has 1 aromatic carbocycles. The smallest absolute Gasteiger partial charge is 0.232 e. The SMILES string of the molecule is COCCNc1nc(-c2ccc3c(c2)C[C@@H](C)N3S(C)(=O)=O)cs1. The van der Waals surface area contributed by atoms with Crippen LogP contribution < -0.4 is 9.62 Å². The Hall–Kier alpha value is -1.64. The van der Waals surface area contributed by atoms with Gasteiger partial charge < -0.3 is 10.1 Å². The monoisotopic (exact) mass is 367 g/mol. The molecule has 0 amide bonds. The van der Waals surface area contributed by atoms with Crippen molar-refractivity contribution in [3.8, 4) is 11.3 Å². The average Bonchev–Trinajstić information content (AvgIpc) is 3.09. The summed E-state index contributed by atoms with van der Waals surface area (Å²) in [6, 6.07) is 5.81. The first kappa shape index (κ1) is 17.2. The Morgan fingerprint density at radius 3 is 2.96 bits per heavy atom. The van der Waals surface area contributed by atoms with Crippen LogP contribution in [0.25, 0.3) is 11.3 Å². The molecule has 1 N–H and O–H groups in total. The molecule has 2 aromatic rings. The van der Waals surface area contributed by atoms with Gasteiger partial charge in [0.25, 0.3) is 0 Å². The first-order valence-electron chi connectivity index (χ1n) is 7.71. The topological polar surface area (TPSA) is 71.5 Å². The third kappa shape index (κ3) is 3.40. The minimum atomic E-state index is -3.25. The second-order valence-corrected chi connectivity index (χ2v) is 8.63. The molecule has 0 saturated carbocycles. The van der Waals surface area contributed by atoms with Crippen molar-refractivity contribution in [3.05, 3.63) is 29.1 Å². The fourth-order valence-electron chi connectivity index (χ4n) is 3.02.